The maximum absolute atomic E-state index is 12.6. The fraction of sp³-hybridized carbons (Fsp3) is 0.154. The van der Waals surface area contributed by atoms with Gasteiger partial charge in [0.25, 0.3) is 5.91 Å². The van der Waals surface area contributed by atoms with Gasteiger partial charge in [-0.2, -0.15) is 5.26 Å². The molecule has 0 heterocycles. The van der Waals surface area contributed by atoms with E-state index < -0.39 is 5.91 Å². The summed E-state index contributed by atoms with van der Waals surface area (Å²) in [5.41, 5.74) is 2.81. The highest BCUT2D eigenvalue weighted by Crippen LogP contribution is 2.26. The number of nitrogens with zero attached hydrogens (tertiary/aromatic N) is 1. The molecule has 0 fully saturated rings. The Morgan fingerprint density at radius 1 is 1.06 bits per heavy atom. The van der Waals surface area contributed by atoms with Crippen molar-refractivity contribution in [2.24, 2.45) is 0 Å². The summed E-state index contributed by atoms with van der Waals surface area (Å²) in [7, 11) is 3.20. The van der Waals surface area contributed by atoms with E-state index in [0.717, 1.165) is 11.1 Å². The minimum atomic E-state index is -0.506. The van der Waals surface area contributed by atoms with E-state index >= 15 is 0 Å². The third-order valence-electron chi connectivity index (χ3n) is 4.95. The molecule has 7 heteroatoms. The first-order valence-corrected chi connectivity index (χ1v) is 10.4. The predicted molar refractivity (Wildman–Crippen MR) is 129 cm³/mol. The molecular weight excluding hydrogens is 440 g/mol. The van der Waals surface area contributed by atoms with Crippen LogP contribution in [0.25, 0.3) is 6.08 Å². The van der Waals surface area contributed by atoms with E-state index in [1.807, 2.05) is 24.3 Å². The number of ether oxygens (including phenoxy) is 3. The van der Waals surface area contributed by atoms with E-state index in [1.165, 1.54) is 6.08 Å². The summed E-state index contributed by atoms with van der Waals surface area (Å²) in [4.78, 5) is 12.6. The van der Waals surface area contributed by atoms with Crippen LogP contribution in [0.1, 0.15) is 16.7 Å². The Bertz CT molecular complexity index is 1210. The Labute approximate surface area is 198 Å². The Balaban J connectivity index is 1.69. The molecule has 0 aliphatic carbocycles. The maximum Gasteiger partial charge on any atom is 0.266 e. The highest BCUT2D eigenvalue weighted by molar-refractivity contribution is 6.31. The monoisotopic (exact) mass is 462 g/mol. The first-order chi connectivity index (χ1) is 15.9. The summed E-state index contributed by atoms with van der Waals surface area (Å²) in [6, 6.07) is 19.7. The third-order valence-corrected chi connectivity index (χ3v) is 5.36. The van der Waals surface area contributed by atoms with Crippen LogP contribution >= 0.6 is 11.6 Å². The van der Waals surface area contributed by atoms with Gasteiger partial charge < -0.3 is 19.5 Å². The van der Waals surface area contributed by atoms with Gasteiger partial charge in [0.1, 0.15) is 35.5 Å². The number of benzene rings is 3. The van der Waals surface area contributed by atoms with Gasteiger partial charge in [-0.25, -0.2) is 0 Å². The zero-order valence-electron chi connectivity index (χ0n) is 18.5. The molecule has 3 aromatic carbocycles. The Kier molecular flexibility index (Phi) is 7.96. The fourth-order valence-electron chi connectivity index (χ4n) is 3.06. The van der Waals surface area contributed by atoms with Crippen molar-refractivity contribution in [3.8, 4) is 23.3 Å². The van der Waals surface area contributed by atoms with Crippen molar-refractivity contribution in [3.05, 3.63) is 87.9 Å². The number of amides is 1. The topological polar surface area (TPSA) is 80.6 Å². The molecule has 1 N–H and O–H groups in total. The molecule has 0 radical (unpaired) electrons. The van der Waals surface area contributed by atoms with Crippen molar-refractivity contribution in [1.29, 1.82) is 5.26 Å². The van der Waals surface area contributed by atoms with Crippen LogP contribution in [0.3, 0.4) is 0 Å². The normalized spacial score (nSPS) is 10.8. The minimum Gasteiger partial charge on any atom is -0.497 e. The summed E-state index contributed by atoms with van der Waals surface area (Å²) in [6.07, 6.45) is 1.52. The average molecular weight is 463 g/mol. The SMILES string of the molecule is COc1ccc(OC)c(COc2ccc(/C=C(\C#N)C(=O)Nc3cccc(Cl)c3C)cc2)c1. The van der Waals surface area contributed by atoms with E-state index in [1.54, 1.807) is 63.6 Å². The smallest absolute Gasteiger partial charge is 0.266 e. The van der Waals surface area contributed by atoms with Gasteiger partial charge >= 0.3 is 0 Å². The molecule has 0 aliphatic rings. The highest BCUT2D eigenvalue weighted by atomic mass is 35.5. The van der Waals surface area contributed by atoms with Gasteiger partial charge in [0, 0.05) is 16.3 Å². The van der Waals surface area contributed by atoms with Gasteiger partial charge in [-0.15, -0.1) is 0 Å². The van der Waals surface area contributed by atoms with Crippen molar-refractivity contribution in [1.82, 2.24) is 0 Å². The van der Waals surface area contributed by atoms with Crippen molar-refractivity contribution in [3.63, 3.8) is 0 Å². The molecule has 33 heavy (non-hydrogen) atoms. The van der Waals surface area contributed by atoms with Crippen molar-refractivity contribution in [2.45, 2.75) is 13.5 Å². The average Bonchev–Trinajstić information content (AvgIpc) is 2.84. The number of halogens is 1. The summed E-state index contributed by atoms with van der Waals surface area (Å²) in [5, 5.41) is 12.7. The van der Waals surface area contributed by atoms with Gasteiger partial charge in [0.2, 0.25) is 0 Å². The molecule has 3 rings (SSSR count). The van der Waals surface area contributed by atoms with Crippen LogP contribution in [0, 0.1) is 18.3 Å². The number of anilines is 1. The van der Waals surface area contributed by atoms with Gasteiger partial charge in [-0.3, -0.25) is 4.79 Å². The van der Waals surface area contributed by atoms with Crippen molar-refractivity contribution in [2.75, 3.05) is 19.5 Å². The van der Waals surface area contributed by atoms with Gasteiger partial charge in [0.15, 0.2) is 0 Å². The van der Waals surface area contributed by atoms with Crippen molar-refractivity contribution < 1.29 is 19.0 Å². The molecule has 0 saturated heterocycles. The van der Waals surface area contributed by atoms with Crippen LogP contribution in [-0.4, -0.2) is 20.1 Å². The first kappa shape index (κ1) is 23.7. The lowest BCUT2D eigenvalue weighted by Gasteiger charge is -2.12. The summed E-state index contributed by atoms with van der Waals surface area (Å²) < 4.78 is 16.5. The second-order valence-corrected chi connectivity index (χ2v) is 7.48. The Morgan fingerprint density at radius 2 is 1.79 bits per heavy atom. The molecule has 6 nitrogen and oxygen atoms in total. The van der Waals surface area contributed by atoms with Gasteiger partial charge in [0.05, 0.1) is 14.2 Å². The Hall–Kier alpha value is -3.95. The lowest BCUT2D eigenvalue weighted by atomic mass is 10.1. The first-order valence-electron chi connectivity index (χ1n) is 10.1. The number of hydrogen-bond acceptors (Lipinski definition) is 5. The molecule has 0 aromatic heterocycles. The zero-order valence-corrected chi connectivity index (χ0v) is 19.3. The molecular formula is C26H23ClN2O4. The van der Waals surface area contributed by atoms with Crippen LogP contribution in [0.5, 0.6) is 17.2 Å². The standard InChI is InChI=1S/C26H23ClN2O4/c1-17-23(27)5-4-6-24(17)29-26(30)19(15-28)13-18-7-9-21(10-8-18)33-16-20-14-22(31-2)11-12-25(20)32-3/h4-14H,16H2,1-3H3,(H,29,30)/b19-13+. The highest BCUT2D eigenvalue weighted by Gasteiger charge is 2.12. The lowest BCUT2D eigenvalue weighted by Crippen LogP contribution is -2.14. The molecule has 3 aromatic rings. The number of carbonyl (C=O) groups is 1. The van der Waals surface area contributed by atoms with E-state index in [4.69, 9.17) is 25.8 Å². The quantitative estimate of drug-likeness (QED) is 0.338. The molecule has 1 amide bonds. The largest absolute Gasteiger partial charge is 0.497 e. The molecule has 0 bridgehead atoms. The number of nitriles is 1. The maximum atomic E-state index is 12.6. The van der Waals surface area contributed by atoms with E-state index in [9.17, 15) is 10.1 Å². The molecule has 0 unspecified atom stereocenters. The van der Waals surface area contributed by atoms with E-state index in [-0.39, 0.29) is 5.57 Å². The molecule has 0 atom stereocenters. The molecule has 0 spiro atoms. The number of rotatable bonds is 8. The zero-order chi connectivity index (χ0) is 23.8. The van der Waals surface area contributed by atoms with Crippen LogP contribution in [0.4, 0.5) is 5.69 Å². The molecule has 0 saturated carbocycles. The van der Waals surface area contributed by atoms with Crippen LogP contribution in [-0.2, 0) is 11.4 Å². The lowest BCUT2D eigenvalue weighted by molar-refractivity contribution is -0.112. The summed E-state index contributed by atoms with van der Waals surface area (Å²) in [6.45, 7) is 2.09. The fourth-order valence-corrected chi connectivity index (χ4v) is 3.24. The van der Waals surface area contributed by atoms with Crippen LogP contribution < -0.4 is 19.5 Å². The second-order valence-electron chi connectivity index (χ2n) is 7.07. The van der Waals surface area contributed by atoms with Crippen LogP contribution in [0.2, 0.25) is 5.02 Å². The second kappa shape index (κ2) is 11.1. The van der Waals surface area contributed by atoms with Gasteiger partial charge in [-0.05, 0) is 66.6 Å². The van der Waals surface area contributed by atoms with Crippen LogP contribution in [0.15, 0.2) is 66.2 Å². The third kappa shape index (κ3) is 6.06. The molecule has 168 valence electrons. The van der Waals surface area contributed by atoms with E-state index in [2.05, 4.69) is 5.32 Å². The number of hydrogen-bond donors (Lipinski definition) is 1. The number of carbonyl (C=O) groups excluding carboxylic acids is 1. The minimum absolute atomic E-state index is 0.0239. The predicted octanol–water partition coefficient (Wildman–Crippen LogP) is 5.79. The molecule has 0 aliphatic heterocycles. The summed E-state index contributed by atoms with van der Waals surface area (Å²) in [5.74, 6) is 1.54. The van der Waals surface area contributed by atoms with Crippen molar-refractivity contribution >= 4 is 29.3 Å². The number of methoxy groups -OCH3 is 2. The van der Waals surface area contributed by atoms with Gasteiger partial charge in [-0.1, -0.05) is 29.8 Å². The summed E-state index contributed by atoms with van der Waals surface area (Å²) >= 11 is 6.10. The Morgan fingerprint density at radius 3 is 2.45 bits per heavy atom. The van der Waals surface area contributed by atoms with E-state index in [0.29, 0.717) is 40.1 Å². The number of nitrogens with one attached hydrogen (secondary N) is 1.